The van der Waals surface area contributed by atoms with Crippen LogP contribution in [0.5, 0.6) is 0 Å². The highest BCUT2D eigenvalue weighted by Gasteiger charge is 2.13. The normalized spacial score (nSPS) is 10.8. The SMILES string of the molecule is O=C([O-])c1ccccc1-c1cc(=O)c2cc(Cl)cc(Cl)c2o1. The maximum absolute atomic E-state index is 12.2. The highest BCUT2D eigenvalue weighted by Crippen LogP contribution is 2.30. The predicted octanol–water partition coefficient (Wildman–Crippen LogP) is 3.13. The first-order valence-electron chi connectivity index (χ1n) is 6.21. The highest BCUT2D eigenvalue weighted by molar-refractivity contribution is 6.38. The van der Waals surface area contributed by atoms with E-state index in [-0.39, 0.29) is 38.3 Å². The van der Waals surface area contributed by atoms with Gasteiger partial charge in [0.1, 0.15) is 5.76 Å². The Bertz CT molecular complexity index is 960. The smallest absolute Gasteiger partial charge is 0.193 e. The van der Waals surface area contributed by atoms with E-state index >= 15 is 0 Å². The van der Waals surface area contributed by atoms with Gasteiger partial charge in [-0.2, -0.15) is 0 Å². The van der Waals surface area contributed by atoms with Crippen molar-refractivity contribution in [2.45, 2.75) is 0 Å². The fourth-order valence-electron chi connectivity index (χ4n) is 2.19. The lowest BCUT2D eigenvalue weighted by atomic mass is 10.0. The number of aromatic carboxylic acids is 1. The molecule has 0 N–H and O–H groups in total. The number of benzene rings is 2. The van der Waals surface area contributed by atoms with Crippen LogP contribution in [-0.2, 0) is 0 Å². The molecule has 110 valence electrons. The molecule has 0 atom stereocenters. The molecule has 0 saturated heterocycles. The summed E-state index contributed by atoms with van der Waals surface area (Å²) in [6, 6.07) is 10.2. The van der Waals surface area contributed by atoms with Gasteiger partial charge in [-0.3, -0.25) is 4.79 Å². The Labute approximate surface area is 134 Å². The van der Waals surface area contributed by atoms with Gasteiger partial charge in [-0.05, 0) is 12.1 Å². The third kappa shape index (κ3) is 2.47. The molecule has 1 heterocycles. The molecule has 0 amide bonds. The Balaban J connectivity index is 2.35. The van der Waals surface area contributed by atoms with E-state index in [1.807, 2.05) is 0 Å². The van der Waals surface area contributed by atoms with Gasteiger partial charge in [0.2, 0.25) is 0 Å². The average Bonchev–Trinajstić information content (AvgIpc) is 2.48. The van der Waals surface area contributed by atoms with E-state index in [0.717, 1.165) is 0 Å². The lowest BCUT2D eigenvalue weighted by Gasteiger charge is -2.10. The summed E-state index contributed by atoms with van der Waals surface area (Å²) < 4.78 is 5.62. The summed E-state index contributed by atoms with van der Waals surface area (Å²) in [6.07, 6.45) is 0. The van der Waals surface area contributed by atoms with E-state index in [1.54, 1.807) is 12.1 Å². The Kier molecular flexibility index (Phi) is 3.64. The Morgan fingerprint density at radius 3 is 2.55 bits per heavy atom. The van der Waals surface area contributed by atoms with Crippen molar-refractivity contribution in [2.24, 2.45) is 0 Å². The molecular formula is C16H7Cl2O4-. The van der Waals surface area contributed by atoms with E-state index < -0.39 is 5.97 Å². The quantitative estimate of drug-likeness (QED) is 0.722. The zero-order chi connectivity index (χ0) is 15.9. The molecular weight excluding hydrogens is 327 g/mol. The Morgan fingerprint density at radius 2 is 1.82 bits per heavy atom. The van der Waals surface area contributed by atoms with Crippen LogP contribution in [0.4, 0.5) is 0 Å². The third-order valence-electron chi connectivity index (χ3n) is 3.16. The standard InChI is InChI=1S/C16H8Cl2O4/c17-8-5-11-13(19)7-14(22-15(11)12(18)6-8)9-3-1-2-4-10(9)16(20)21/h1-7H,(H,20,21)/p-1. The van der Waals surface area contributed by atoms with Gasteiger partial charge in [-0.1, -0.05) is 47.5 Å². The third-order valence-corrected chi connectivity index (χ3v) is 3.66. The van der Waals surface area contributed by atoms with E-state index in [4.69, 9.17) is 27.6 Å². The second kappa shape index (κ2) is 5.48. The van der Waals surface area contributed by atoms with E-state index in [2.05, 4.69) is 0 Å². The molecule has 22 heavy (non-hydrogen) atoms. The molecule has 2 aromatic carbocycles. The van der Waals surface area contributed by atoms with Crippen LogP contribution >= 0.6 is 23.2 Å². The molecule has 0 unspecified atom stereocenters. The Morgan fingerprint density at radius 1 is 1.09 bits per heavy atom. The minimum Gasteiger partial charge on any atom is -0.545 e. The van der Waals surface area contributed by atoms with Crippen LogP contribution in [0.25, 0.3) is 22.3 Å². The van der Waals surface area contributed by atoms with Gasteiger partial charge in [0.15, 0.2) is 11.0 Å². The summed E-state index contributed by atoms with van der Waals surface area (Å²) in [5.74, 6) is -1.26. The second-order valence-corrected chi connectivity index (χ2v) is 5.42. The van der Waals surface area contributed by atoms with Crippen molar-refractivity contribution in [3.63, 3.8) is 0 Å². The van der Waals surface area contributed by atoms with Crippen LogP contribution in [-0.4, -0.2) is 5.97 Å². The van der Waals surface area contributed by atoms with Gasteiger partial charge in [0, 0.05) is 22.2 Å². The topological polar surface area (TPSA) is 70.3 Å². The largest absolute Gasteiger partial charge is 0.545 e. The van der Waals surface area contributed by atoms with Gasteiger partial charge in [0.25, 0.3) is 0 Å². The maximum atomic E-state index is 12.2. The van der Waals surface area contributed by atoms with Crippen molar-refractivity contribution in [1.82, 2.24) is 0 Å². The molecule has 0 aliphatic rings. The van der Waals surface area contributed by atoms with Gasteiger partial charge < -0.3 is 14.3 Å². The molecule has 0 aliphatic heterocycles. The monoisotopic (exact) mass is 333 g/mol. The number of hydrogen-bond donors (Lipinski definition) is 0. The van der Waals surface area contributed by atoms with Crippen LogP contribution in [0.15, 0.2) is 51.7 Å². The van der Waals surface area contributed by atoms with Gasteiger partial charge in [-0.15, -0.1) is 0 Å². The van der Waals surface area contributed by atoms with Crippen LogP contribution in [0, 0.1) is 0 Å². The molecule has 0 bridgehead atoms. The molecule has 0 fully saturated rings. The van der Waals surface area contributed by atoms with Crippen molar-refractivity contribution >= 4 is 40.1 Å². The first-order valence-corrected chi connectivity index (χ1v) is 6.96. The Hall–Kier alpha value is -2.30. The van der Waals surface area contributed by atoms with Crippen molar-refractivity contribution in [3.05, 3.63) is 68.3 Å². The zero-order valence-electron chi connectivity index (χ0n) is 10.9. The number of carboxylic acids is 1. The van der Waals surface area contributed by atoms with Gasteiger partial charge in [-0.25, -0.2) is 0 Å². The van der Waals surface area contributed by atoms with Gasteiger partial charge in [0.05, 0.1) is 16.4 Å². The summed E-state index contributed by atoms with van der Waals surface area (Å²) in [6.45, 7) is 0. The van der Waals surface area contributed by atoms with Gasteiger partial charge >= 0.3 is 0 Å². The number of carbonyl (C=O) groups is 1. The summed E-state index contributed by atoms with van der Waals surface area (Å²) >= 11 is 11.9. The molecule has 6 heteroatoms. The number of rotatable bonds is 2. The van der Waals surface area contributed by atoms with Crippen molar-refractivity contribution in [2.75, 3.05) is 0 Å². The van der Waals surface area contributed by atoms with Crippen LogP contribution < -0.4 is 10.5 Å². The molecule has 0 spiro atoms. The summed E-state index contributed by atoms with van der Waals surface area (Å²) in [7, 11) is 0. The van der Waals surface area contributed by atoms with Crippen molar-refractivity contribution in [1.29, 1.82) is 0 Å². The number of carboxylic acid groups (broad SMARTS) is 1. The number of halogens is 2. The minimum atomic E-state index is -1.36. The van der Waals surface area contributed by atoms with E-state index in [0.29, 0.717) is 5.02 Å². The predicted molar refractivity (Wildman–Crippen MR) is 82.3 cm³/mol. The molecule has 1 aromatic heterocycles. The molecule has 4 nitrogen and oxygen atoms in total. The molecule has 0 saturated carbocycles. The van der Waals surface area contributed by atoms with Crippen LogP contribution in [0.3, 0.4) is 0 Å². The maximum Gasteiger partial charge on any atom is 0.193 e. The fourth-order valence-corrected chi connectivity index (χ4v) is 2.72. The van der Waals surface area contributed by atoms with Crippen molar-refractivity contribution < 1.29 is 14.3 Å². The molecule has 0 aliphatic carbocycles. The lowest BCUT2D eigenvalue weighted by Crippen LogP contribution is -2.23. The molecule has 3 rings (SSSR count). The van der Waals surface area contributed by atoms with E-state index in [9.17, 15) is 14.7 Å². The van der Waals surface area contributed by atoms with Crippen LogP contribution in [0.2, 0.25) is 10.0 Å². The van der Waals surface area contributed by atoms with Crippen LogP contribution in [0.1, 0.15) is 10.4 Å². The van der Waals surface area contributed by atoms with E-state index in [1.165, 1.54) is 30.3 Å². The minimum absolute atomic E-state index is 0.0740. The first-order chi connectivity index (χ1) is 10.5. The molecule has 3 aromatic rings. The summed E-state index contributed by atoms with van der Waals surface area (Å²) in [5, 5.41) is 11.9. The number of carbonyl (C=O) groups excluding carboxylic acids is 1. The summed E-state index contributed by atoms with van der Waals surface area (Å²) in [5.41, 5.74) is -0.0434. The summed E-state index contributed by atoms with van der Waals surface area (Å²) in [4.78, 5) is 23.4. The highest BCUT2D eigenvalue weighted by atomic mass is 35.5. The fraction of sp³-hybridized carbons (Fsp3) is 0. The molecule has 0 radical (unpaired) electrons. The zero-order valence-corrected chi connectivity index (χ0v) is 12.4. The average molecular weight is 334 g/mol. The second-order valence-electron chi connectivity index (χ2n) is 4.57. The van der Waals surface area contributed by atoms with Crippen molar-refractivity contribution in [3.8, 4) is 11.3 Å². The lowest BCUT2D eigenvalue weighted by molar-refractivity contribution is -0.254. The number of fused-ring (bicyclic) bond motifs is 1. The first kappa shape index (κ1) is 14.6. The number of hydrogen-bond acceptors (Lipinski definition) is 4.